The van der Waals surface area contributed by atoms with Crippen LogP contribution in [0, 0.1) is 5.82 Å². The summed E-state index contributed by atoms with van der Waals surface area (Å²) in [4.78, 5) is 0.150. The smallest absolute Gasteiger partial charge is 0.207 e. The SMILES string of the molecule is CCCCN(CC)S(=O)(=O)c1ccc(F)cc1. The van der Waals surface area contributed by atoms with Gasteiger partial charge in [-0.1, -0.05) is 20.3 Å². The third-order valence-corrected chi connectivity index (χ3v) is 4.55. The van der Waals surface area contributed by atoms with Crippen molar-refractivity contribution >= 4 is 10.0 Å². The molecule has 0 aromatic heterocycles. The van der Waals surface area contributed by atoms with Gasteiger partial charge in [0.05, 0.1) is 4.90 Å². The fourth-order valence-electron chi connectivity index (χ4n) is 1.54. The summed E-state index contributed by atoms with van der Waals surface area (Å²) in [6.45, 7) is 4.75. The maximum atomic E-state index is 12.8. The molecule has 0 aliphatic carbocycles. The van der Waals surface area contributed by atoms with Gasteiger partial charge in [-0.05, 0) is 30.7 Å². The van der Waals surface area contributed by atoms with E-state index in [2.05, 4.69) is 0 Å². The molecule has 0 unspecified atom stereocenters. The second-order valence-electron chi connectivity index (χ2n) is 3.80. The van der Waals surface area contributed by atoms with Gasteiger partial charge in [0.15, 0.2) is 0 Å². The molecule has 0 atom stereocenters. The van der Waals surface area contributed by atoms with Crippen molar-refractivity contribution in [3.63, 3.8) is 0 Å². The van der Waals surface area contributed by atoms with Gasteiger partial charge in [0.2, 0.25) is 10.0 Å². The molecule has 0 heterocycles. The molecule has 0 bridgehead atoms. The van der Waals surface area contributed by atoms with E-state index < -0.39 is 15.8 Å². The molecule has 0 aliphatic rings. The molecule has 0 radical (unpaired) electrons. The van der Waals surface area contributed by atoms with Crippen molar-refractivity contribution in [1.29, 1.82) is 0 Å². The molecule has 1 aromatic rings. The first-order valence-corrected chi connectivity index (χ1v) is 7.22. The summed E-state index contributed by atoms with van der Waals surface area (Å²) in [5.41, 5.74) is 0. The Morgan fingerprint density at radius 3 is 2.24 bits per heavy atom. The van der Waals surface area contributed by atoms with E-state index in [-0.39, 0.29) is 4.90 Å². The lowest BCUT2D eigenvalue weighted by Crippen LogP contribution is -2.31. The number of hydrogen-bond acceptors (Lipinski definition) is 2. The average molecular weight is 259 g/mol. The van der Waals surface area contributed by atoms with Crippen LogP contribution in [0.1, 0.15) is 26.7 Å². The van der Waals surface area contributed by atoms with Crippen LogP contribution in [-0.4, -0.2) is 25.8 Å². The second-order valence-corrected chi connectivity index (χ2v) is 5.74. The lowest BCUT2D eigenvalue weighted by atomic mass is 10.3. The molecule has 0 saturated carbocycles. The number of rotatable bonds is 6. The van der Waals surface area contributed by atoms with Crippen molar-refractivity contribution in [3.8, 4) is 0 Å². The van der Waals surface area contributed by atoms with E-state index in [1.807, 2.05) is 6.92 Å². The predicted molar refractivity (Wildman–Crippen MR) is 65.7 cm³/mol. The standard InChI is InChI=1S/C12H18FNO2S/c1-3-5-10-14(4-2)17(15,16)12-8-6-11(13)7-9-12/h6-9H,3-5,10H2,1-2H3. The van der Waals surface area contributed by atoms with E-state index >= 15 is 0 Å². The van der Waals surface area contributed by atoms with Crippen molar-refractivity contribution in [3.05, 3.63) is 30.1 Å². The number of nitrogens with zero attached hydrogens (tertiary/aromatic N) is 1. The predicted octanol–water partition coefficient (Wildman–Crippen LogP) is 2.64. The topological polar surface area (TPSA) is 37.4 Å². The summed E-state index contributed by atoms with van der Waals surface area (Å²) in [6, 6.07) is 4.94. The summed E-state index contributed by atoms with van der Waals surface area (Å²) in [5.74, 6) is -0.430. The molecule has 1 aromatic carbocycles. The van der Waals surface area contributed by atoms with Gasteiger partial charge in [0.25, 0.3) is 0 Å². The van der Waals surface area contributed by atoms with E-state index in [4.69, 9.17) is 0 Å². The highest BCUT2D eigenvalue weighted by Gasteiger charge is 2.22. The van der Waals surface area contributed by atoms with E-state index in [0.717, 1.165) is 12.8 Å². The van der Waals surface area contributed by atoms with E-state index in [1.165, 1.54) is 28.6 Å². The van der Waals surface area contributed by atoms with Crippen LogP contribution in [0.3, 0.4) is 0 Å². The molecular weight excluding hydrogens is 241 g/mol. The first kappa shape index (κ1) is 14.1. The molecule has 1 rings (SSSR count). The zero-order valence-electron chi connectivity index (χ0n) is 10.2. The van der Waals surface area contributed by atoms with Crippen LogP contribution in [0.25, 0.3) is 0 Å². The monoisotopic (exact) mass is 259 g/mol. The quantitative estimate of drug-likeness (QED) is 0.787. The van der Waals surface area contributed by atoms with E-state index in [1.54, 1.807) is 6.92 Å². The van der Waals surface area contributed by atoms with Crippen molar-refractivity contribution in [1.82, 2.24) is 4.31 Å². The number of halogens is 1. The molecule has 17 heavy (non-hydrogen) atoms. The van der Waals surface area contributed by atoms with Crippen LogP contribution >= 0.6 is 0 Å². The van der Waals surface area contributed by atoms with Crippen LogP contribution in [0.2, 0.25) is 0 Å². The van der Waals surface area contributed by atoms with Gasteiger partial charge in [0.1, 0.15) is 5.82 Å². The minimum Gasteiger partial charge on any atom is -0.207 e. The van der Waals surface area contributed by atoms with Crippen molar-refractivity contribution in [2.75, 3.05) is 13.1 Å². The zero-order valence-corrected chi connectivity index (χ0v) is 11.0. The number of benzene rings is 1. The fourth-order valence-corrected chi connectivity index (χ4v) is 3.03. The molecule has 3 nitrogen and oxygen atoms in total. The third-order valence-electron chi connectivity index (χ3n) is 2.57. The van der Waals surface area contributed by atoms with Gasteiger partial charge in [-0.15, -0.1) is 0 Å². The zero-order chi connectivity index (χ0) is 12.9. The fraction of sp³-hybridized carbons (Fsp3) is 0.500. The summed E-state index contributed by atoms with van der Waals surface area (Å²) in [6.07, 6.45) is 1.77. The third kappa shape index (κ3) is 3.51. The van der Waals surface area contributed by atoms with Gasteiger partial charge in [-0.3, -0.25) is 0 Å². The summed E-state index contributed by atoms with van der Waals surface area (Å²) in [5, 5.41) is 0. The minimum absolute atomic E-state index is 0.150. The molecular formula is C12H18FNO2S. The molecule has 0 spiro atoms. The Morgan fingerprint density at radius 1 is 1.18 bits per heavy atom. The Kier molecular flexibility index (Phi) is 5.08. The highest BCUT2D eigenvalue weighted by molar-refractivity contribution is 7.89. The normalized spacial score (nSPS) is 12.0. The summed E-state index contributed by atoms with van der Waals surface area (Å²) in [7, 11) is -3.47. The summed E-state index contributed by atoms with van der Waals surface area (Å²) >= 11 is 0. The summed E-state index contributed by atoms with van der Waals surface area (Å²) < 4.78 is 38.5. The Bertz CT molecular complexity index is 442. The lowest BCUT2D eigenvalue weighted by molar-refractivity contribution is 0.419. The van der Waals surface area contributed by atoms with Crippen LogP contribution in [0.4, 0.5) is 4.39 Å². The van der Waals surface area contributed by atoms with Gasteiger partial charge in [0, 0.05) is 13.1 Å². The molecule has 0 saturated heterocycles. The van der Waals surface area contributed by atoms with Crippen molar-refractivity contribution < 1.29 is 12.8 Å². The first-order valence-electron chi connectivity index (χ1n) is 5.78. The Hall–Kier alpha value is -0.940. The average Bonchev–Trinajstić information content (AvgIpc) is 2.30. The van der Waals surface area contributed by atoms with Gasteiger partial charge >= 0.3 is 0 Å². The van der Waals surface area contributed by atoms with Crippen LogP contribution in [-0.2, 0) is 10.0 Å². The highest BCUT2D eigenvalue weighted by atomic mass is 32.2. The Labute approximate surface area is 102 Å². The minimum atomic E-state index is -3.47. The van der Waals surface area contributed by atoms with Crippen molar-refractivity contribution in [2.24, 2.45) is 0 Å². The first-order chi connectivity index (χ1) is 8.02. The highest BCUT2D eigenvalue weighted by Crippen LogP contribution is 2.16. The Balaban J connectivity index is 2.95. The van der Waals surface area contributed by atoms with Gasteiger partial charge < -0.3 is 0 Å². The van der Waals surface area contributed by atoms with Gasteiger partial charge in [-0.25, -0.2) is 12.8 Å². The second kappa shape index (κ2) is 6.12. The number of unbranched alkanes of at least 4 members (excludes halogenated alkanes) is 1. The molecule has 96 valence electrons. The van der Waals surface area contributed by atoms with Crippen LogP contribution < -0.4 is 0 Å². The number of hydrogen-bond donors (Lipinski definition) is 0. The maximum Gasteiger partial charge on any atom is 0.243 e. The number of sulfonamides is 1. The van der Waals surface area contributed by atoms with Crippen LogP contribution in [0.5, 0.6) is 0 Å². The van der Waals surface area contributed by atoms with Gasteiger partial charge in [-0.2, -0.15) is 4.31 Å². The molecule has 0 aliphatic heterocycles. The Morgan fingerprint density at radius 2 is 1.76 bits per heavy atom. The molecule has 0 fully saturated rings. The largest absolute Gasteiger partial charge is 0.243 e. The maximum absolute atomic E-state index is 12.8. The van der Waals surface area contributed by atoms with Crippen molar-refractivity contribution in [2.45, 2.75) is 31.6 Å². The molecule has 5 heteroatoms. The van der Waals surface area contributed by atoms with E-state index in [0.29, 0.717) is 13.1 Å². The van der Waals surface area contributed by atoms with Crippen LogP contribution in [0.15, 0.2) is 29.2 Å². The molecule has 0 N–H and O–H groups in total. The molecule has 0 amide bonds. The van der Waals surface area contributed by atoms with E-state index in [9.17, 15) is 12.8 Å². The lowest BCUT2D eigenvalue weighted by Gasteiger charge is -2.20.